The topological polar surface area (TPSA) is 53.4 Å². The highest BCUT2D eigenvalue weighted by molar-refractivity contribution is 6.06. The van der Waals surface area contributed by atoms with Crippen LogP contribution < -0.4 is 4.90 Å². The van der Waals surface area contributed by atoms with E-state index in [-0.39, 0.29) is 5.56 Å². The summed E-state index contributed by atoms with van der Waals surface area (Å²) in [7, 11) is 0. The summed E-state index contributed by atoms with van der Waals surface area (Å²) in [6, 6.07) is 8.60. The van der Waals surface area contributed by atoms with Gasteiger partial charge in [0.25, 0.3) is 0 Å². The van der Waals surface area contributed by atoms with Crippen LogP contribution in [0.15, 0.2) is 30.5 Å². The minimum absolute atomic E-state index is 0.272. The molecule has 1 aromatic heterocycles. The molecule has 21 heavy (non-hydrogen) atoms. The number of hydrogen-bond acceptors (Lipinski definition) is 3. The van der Waals surface area contributed by atoms with E-state index in [0.717, 1.165) is 29.4 Å². The number of carboxylic acids is 1. The first kappa shape index (κ1) is 13.9. The fourth-order valence-electron chi connectivity index (χ4n) is 3.41. The molecular weight excluding hydrogens is 264 g/mol. The molecule has 1 saturated heterocycles. The average Bonchev–Trinajstić information content (AvgIpc) is 2.86. The molecule has 0 bridgehead atoms. The lowest BCUT2D eigenvalue weighted by Crippen LogP contribution is -2.35. The third-order valence-electron chi connectivity index (χ3n) is 4.51. The molecule has 2 aromatic rings. The van der Waals surface area contributed by atoms with Gasteiger partial charge in [-0.05, 0) is 26.2 Å². The molecule has 1 aliphatic heterocycles. The summed E-state index contributed by atoms with van der Waals surface area (Å²) in [6.07, 6.45) is 4.92. The second-order valence-electron chi connectivity index (χ2n) is 5.74. The quantitative estimate of drug-likeness (QED) is 0.933. The molecule has 3 rings (SSSR count). The zero-order valence-corrected chi connectivity index (χ0v) is 12.4. The van der Waals surface area contributed by atoms with Gasteiger partial charge in [0.15, 0.2) is 0 Å². The Bertz CT molecular complexity index is 684. The number of rotatable bonds is 3. The van der Waals surface area contributed by atoms with E-state index in [9.17, 15) is 9.90 Å². The Kier molecular flexibility index (Phi) is 3.53. The number of fused-ring (bicyclic) bond motifs is 1. The van der Waals surface area contributed by atoms with Gasteiger partial charge in [0.1, 0.15) is 5.82 Å². The van der Waals surface area contributed by atoms with Gasteiger partial charge in [-0.3, -0.25) is 0 Å². The van der Waals surface area contributed by atoms with Crippen LogP contribution in [0.25, 0.3) is 10.8 Å². The number of carboxylic acid groups (broad SMARTS) is 1. The molecule has 0 amide bonds. The smallest absolute Gasteiger partial charge is 0.337 e. The van der Waals surface area contributed by atoms with Gasteiger partial charge in [0.2, 0.25) is 0 Å². The SMILES string of the molecule is CCC1CCC(C)N1c1ncc(C(=O)O)c2ccccc12. The zero-order valence-electron chi connectivity index (χ0n) is 12.4. The maximum atomic E-state index is 11.4. The van der Waals surface area contributed by atoms with E-state index < -0.39 is 5.97 Å². The number of nitrogens with zero attached hydrogens (tertiary/aromatic N) is 2. The van der Waals surface area contributed by atoms with Gasteiger partial charge >= 0.3 is 5.97 Å². The summed E-state index contributed by atoms with van der Waals surface area (Å²) in [5.41, 5.74) is 0.272. The van der Waals surface area contributed by atoms with E-state index in [0.29, 0.717) is 12.1 Å². The van der Waals surface area contributed by atoms with Crippen molar-refractivity contribution in [3.63, 3.8) is 0 Å². The average molecular weight is 284 g/mol. The molecule has 110 valence electrons. The highest BCUT2D eigenvalue weighted by Gasteiger charge is 2.31. The molecule has 0 radical (unpaired) electrons. The van der Waals surface area contributed by atoms with E-state index in [1.165, 1.54) is 12.6 Å². The molecule has 2 unspecified atom stereocenters. The number of hydrogen-bond donors (Lipinski definition) is 1. The predicted molar refractivity (Wildman–Crippen MR) is 84.0 cm³/mol. The van der Waals surface area contributed by atoms with Crippen molar-refractivity contribution in [1.82, 2.24) is 4.98 Å². The maximum Gasteiger partial charge on any atom is 0.337 e. The second kappa shape index (κ2) is 5.35. The fourth-order valence-corrected chi connectivity index (χ4v) is 3.41. The number of anilines is 1. The van der Waals surface area contributed by atoms with Gasteiger partial charge in [-0.15, -0.1) is 0 Å². The van der Waals surface area contributed by atoms with Crippen molar-refractivity contribution in [2.24, 2.45) is 0 Å². The molecule has 1 aliphatic rings. The van der Waals surface area contributed by atoms with Crippen molar-refractivity contribution in [2.45, 2.75) is 45.2 Å². The van der Waals surface area contributed by atoms with Gasteiger partial charge in [0.05, 0.1) is 5.56 Å². The number of aromatic carboxylic acids is 1. The van der Waals surface area contributed by atoms with E-state index in [2.05, 4.69) is 23.7 Å². The minimum Gasteiger partial charge on any atom is -0.478 e. The van der Waals surface area contributed by atoms with Crippen LogP contribution in [-0.4, -0.2) is 28.1 Å². The first-order valence-corrected chi connectivity index (χ1v) is 7.52. The Morgan fingerprint density at radius 3 is 2.71 bits per heavy atom. The predicted octanol–water partition coefficient (Wildman–Crippen LogP) is 3.70. The standard InChI is InChI=1S/C17H20N2O2/c1-3-12-9-8-11(2)19(12)16-14-7-5-4-6-13(14)15(10-18-16)17(20)21/h4-7,10-12H,3,8-9H2,1-2H3,(H,20,21). The lowest BCUT2D eigenvalue weighted by molar-refractivity contribution is 0.0698. The van der Waals surface area contributed by atoms with Crippen LogP contribution in [0.4, 0.5) is 5.82 Å². The van der Waals surface area contributed by atoms with Crippen molar-refractivity contribution in [1.29, 1.82) is 0 Å². The van der Waals surface area contributed by atoms with Gasteiger partial charge in [-0.2, -0.15) is 0 Å². The third kappa shape index (κ3) is 2.24. The van der Waals surface area contributed by atoms with Gasteiger partial charge in [0, 0.05) is 29.1 Å². The first-order valence-electron chi connectivity index (χ1n) is 7.52. The van der Waals surface area contributed by atoms with Crippen LogP contribution in [0, 0.1) is 0 Å². The van der Waals surface area contributed by atoms with Crippen LogP contribution >= 0.6 is 0 Å². The number of pyridine rings is 1. The van der Waals surface area contributed by atoms with Crippen molar-refractivity contribution in [3.05, 3.63) is 36.0 Å². The maximum absolute atomic E-state index is 11.4. The molecule has 0 saturated carbocycles. The Morgan fingerprint density at radius 1 is 1.33 bits per heavy atom. The summed E-state index contributed by atoms with van der Waals surface area (Å²) in [4.78, 5) is 18.3. The highest BCUT2D eigenvalue weighted by Crippen LogP contribution is 2.35. The monoisotopic (exact) mass is 284 g/mol. The lowest BCUT2D eigenvalue weighted by atomic mass is 10.1. The zero-order chi connectivity index (χ0) is 15.0. The largest absolute Gasteiger partial charge is 0.478 e. The molecule has 2 heterocycles. The highest BCUT2D eigenvalue weighted by atomic mass is 16.4. The minimum atomic E-state index is -0.924. The van der Waals surface area contributed by atoms with Crippen molar-refractivity contribution >= 4 is 22.6 Å². The Hall–Kier alpha value is -2.10. The van der Waals surface area contributed by atoms with Crippen LogP contribution in [0.5, 0.6) is 0 Å². The van der Waals surface area contributed by atoms with E-state index in [4.69, 9.17) is 0 Å². The van der Waals surface area contributed by atoms with Crippen LogP contribution in [0.2, 0.25) is 0 Å². The summed E-state index contributed by atoms with van der Waals surface area (Å²) in [5.74, 6) is -0.000730. The van der Waals surface area contributed by atoms with Gasteiger partial charge < -0.3 is 10.0 Å². The summed E-state index contributed by atoms with van der Waals surface area (Å²) >= 11 is 0. The van der Waals surface area contributed by atoms with Crippen molar-refractivity contribution in [2.75, 3.05) is 4.90 Å². The van der Waals surface area contributed by atoms with Crippen LogP contribution in [-0.2, 0) is 0 Å². The Labute approximate surface area is 124 Å². The van der Waals surface area contributed by atoms with E-state index in [1.807, 2.05) is 24.3 Å². The molecule has 1 N–H and O–H groups in total. The van der Waals surface area contributed by atoms with Gasteiger partial charge in [-0.25, -0.2) is 9.78 Å². The third-order valence-corrected chi connectivity index (χ3v) is 4.51. The van der Waals surface area contributed by atoms with Crippen LogP contribution in [0.1, 0.15) is 43.5 Å². The summed E-state index contributed by atoms with van der Waals surface area (Å²) < 4.78 is 0. The van der Waals surface area contributed by atoms with Gasteiger partial charge in [-0.1, -0.05) is 31.2 Å². The summed E-state index contributed by atoms with van der Waals surface area (Å²) in [6.45, 7) is 4.42. The van der Waals surface area contributed by atoms with Crippen LogP contribution in [0.3, 0.4) is 0 Å². The molecule has 2 atom stereocenters. The van der Waals surface area contributed by atoms with E-state index >= 15 is 0 Å². The fraction of sp³-hybridized carbons (Fsp3) is 0.412. The van der Waals surface area contributed by atoms with Crippen molar-refractivity contribution in [3.8, 4) is 0 Å². The number of benzene rings is 1. The molecule has 4 heteroatoms. The Balaban J connectivity index is 2.20. The molecule has 1 fully saturated rings. The Morgan fingerprint density at radius 2 is 2.05 bits per heavy atom. The molecule has 1 aromatic carbocycles. The van der Waals surface area contributed by atoms with E-state index in [1.54, 1.807) is 0 Å². The summed E-state index contributed by atoms with van der Waals surface area (Å²) in [5, 5.41) is 11.0. The second-order valence-corrected chi connectivity index (χ2v) is 5.74. The van der Waals surface area contributed by atoms with Crippen molar-refractivity contribution < 1.29 is 9.90 Å². The normalized spacial score (nSPS) is 21.9. The first-order chi connectivity index (χ1) is 10.1. The lowest BCUT2D eigenvalue weighted by Gasteiger charge is -2.30. The molecule has 4 nitrogen and oxygen atoms in total. The molecular formula is C17H20N2O2. The number of aromatic nitrogens is 1. The number of carbonyl (C=O) groups is 1. The molecule has 0 aliphatic carbocycles. The molecule has 0 spiro atoms.